The second-order valence-electron chi connectivity index (χ2n) is 2.19. The van der Waals surface area contributed by atoms with Crippen molar-refractivity contribution in [1.82, 2.24) is 10.8 Å². The zero-order valence-corrected chi connectivity index (χ0v) is 7.61. The molecule has 86 valence electrons. The molecular weight excluding hydrogens is 200 g/mol. The fourth-order valence-electron chi connectivity index (χ4n) is 0.641. The molecule has 9 nitrogen and oxygen atoms in total. The van der Waals surface area contributed by atoms with Gasteiger partial charge in [-0.15, -0.1) is 0 Å². The van der Waals surface area contributed by atoms with Crippen molar-refractivity contribution in [3.05, 3.63) is 0 Å². The van der Waals surface area contributed by atoms with Crippen LogP contribution in [0.4, 0.5) is 0 Å². The SMILES string of the molecule is CCOC[C@H](CON(O)O)ON(O)O. The highest BCUT2D eigenvalue weighted by atomic mass is 17.1. The van der Waals surface area contributed by atoms with Gasteiger partial charge in [-0.25, -0.2) is 9.68 Å². The molecule has 0 rings (SSSR count). The van der Waals surface area contributed by atoms with Gasteiger partial charge in [-0.1, -0.05) is 0 Å². The smallest absolute Gasteiger partial charge is 0.133 e. The zero-order valence-electron chi connectivity index (χ0n) is 7.61. The molecule has 0 aliphatic rings. The second-order valence-corrected chi connectivity index (χ2v) is 2.19. The van der Waals surface area contributed by atoms with Crippen molar-refractivity contribution in [2.75, 3.05) is 19.8 Å². The quantitative estimate of drug-likeness (QED) is 0.393. The fraction of sp³-hybridized carbons (Fsp3) is 1.00. The summed E-state index contributed by atoms with van der Waals surface area (Å²) in [7, 11) is 0. The molecule has 0 saturated heterocycles. The first kappa shape index (κ1) is 13.6. The van der Waals surface area contributed by atoms with Crippen molar-refractivity contribution >= 4 is 0 Å². The Kier molecular flexibility index (Phi) is 7.78. The normalized spacial score (nSPS) is 13.9. The fourth-order valence-corrected chi connectivity index (χ4v) is 0.641. The van der Waals surface area contributed by atoms with E-state index in [2.05, 4.69) is 9.68 Å². The van der Waals surface area contributed by atoms with Crippen LogP contribution in [0.3, 0.4) is 0 Å². The van der Waals surface area contributed by atoms with Gasteiger partial charge in [0.2, 0.25) is 0 Å². The lowest BCUT2D eigenvalue weighted by Crippen LogP contribution is -2.34. The highest BCUT2D eigenvalue weighted by Crippen LogP contribution is 1.97. The molecular formula is C5H14N2O7. The highest BCUT2D eigenvalue weighted by molar-refractivity contribution is 4.51. The van der Waals surface area contributed by atoms with Crippen molar-refractivity contribution < 1.29 is 35.2 Å². The summed E-state index contributed by atoms with van der Waals surface area (Å²) in [4.78, 5) is 8.54. The third kappa shape index (κ3) is 8.25. The molecule has 4 N–H and O–H groups in total. The lowest BCUT2D eigenvalue weighted by atomic mass is 10.4. The van der Waals surface area contributed by atoms with Gasteiger partial charge in [0.05, 0.1) is 17.4 Å². The number of hydrogen-bond donors (Lipinski definition) is 4. The molecule has 0 unspecified atom stereocenters. The first-order chi connectivity index (χ1) is 6.56. The molecule has 0 aromatic rings. The van der Waals surface area contributed by atoms with Crippen LogP contribution >= 0.6 is 0 Å². The number of nitrogens with zero attached hydrogens (tertiary/aromatic N) is 2. The van der Waals surface area contributed by atoms with Gasteiger partial charge < -0.3 is 4.74 Å². The van der Waals surface area contributed by atoms with Crippen molar-refractivity contribution in [3.63, 3.8) is 0 Å². The summed E-state index contributed by atoms with van der Waals surface area (Å²) in [6.07, 6.45) is -0.883. The third-order valence-corrected chi connectivity index (χ3v) is 1.13. The van der Waals surface area contributed by atoms with E-state index < -0.39 is 16.9 Å². The van der Waals surface area contributed by atoms with E-state index in [-0.39, 0.29) is 13.2 Å². The summed E-state index contributed by atoms with van der Waals surface area (Å²) in [5.74, 6) is 0. The van der Waals surface area contributed by atoms with Crippen molar-refractivity contribution in [2.45, 2.75) is 13.0 Å². The molecule has 0 bridgehead atoms. The van der Waals surface area contributed by atoms with Crippen LogP contribution in [0.2, 0.25) is 0 Å². The topological polar surface area (TPSA) is 115 Å². The van der Waals surface area contributed by atoms with Gasteiger partial charge in [0, 0.05) is 6.61 Å². The summed E-state index contributed by atoms with van der Waals surface area (Å²) in [5.41, 5.74) is 0. The number of hydrogen-bond acceptors (Lipinski definition) is 9. The van der Waals surface area contributed by atoms with E-state index in [1.54, 1.807) is 6.92 Å². The van der Waals surface area contributed by atoms with E-state index in [9.17, 15) is 0 Å². The predicted octanol–water partition coefficient (Wildman–Crippen LogP) is -0.584. The predicted molar refractivity (Wildman–Crippen MR) is 38.1 cm³/mol. The second kappa shape index (κ2) is 7.99. The molecule has 0 radical (unpaired) electrons. The minimum absolute atomic E-state index is 0.00194. The highest BCUT2D eigenvalue weighted by Gasteiger charge is 2.14. The summed E-state index contributed by atoms with van der Waals surface area (Å²) in [6, 6.07) is 0. The maximum atomic E-state index is 8.30. The standard InChI is InChI=1S/C5H14N2O7/c1-2-12-3-5(14-7(10)11)4-13-6(8)9/h5,8-11H,2-4H2,1H3/t5-/m1/s1. The largest absolute Gasteiger partial charge is 0.379 e. The molecule has 0 aliphatic heterocycles. The number of rotatable bonds is 8. The molecule has 0 aromatic carbocycles. The van der Waals surface area contributed by atoms with E-state index in [0.717, 1.165) is 0 Å². The van der Waals surface area contributed by atoms with Crippen LogP contribution in [-0.2, 0) is 14.4 Å². The van der Waals surface area contributed by atoms with Gasteiger partial charge in [-0.2, -0.15) is 0 Å². The van der Waals surface area contributed by atoms with Gasteiger partial charge in [0.25, 0.3) is 0 Å². The Hall–Kier alpha value is -0.360. The van der Waals surface area contributed by atoms with E-state index in [1.165, 1.54) is 0 Å². The summed E-state index contributed by atoms with van der Waals surface area (Å²) < 4.78 is 4.89. The summed E-state index contributed by atoms with van der Waals surface area (Å²) in [6.45, 7) is 1.81. The van der Waals surface area contributed by atoms with Crippen LogP contribution in [-0.4, -0.2) is 57.5 Å². The average Bonchev–Trinajstić information content (AvgIpc) is 2.09. The maximum absolute atomic E-state index is 8.30. The average molecular weight is 214 g/mol. The Bertz CT molecular complexity index is 133. The first-order valence-corrected chi connectivity index (χ1v) is 3.79. The van der Waals surface area contributed by atoms with Gasteiger partial charge in [0.15, 0.2) is 0 Å². The van der Waals surface area contributed by atoms with Crippen LogP contribution in [0, 0.1) is 0 Å². The van der Waals surface area contributed by atoms with Gasteiger partial charge in [-0.3, -0.25) is 20.8 Å². The van der Waals surface area contributed by atoms with Crippen LogP contribution in [0.5, 0.6) is 0 Å². The first-order valence-electron chi connectivity index (χ1n) is 3.79. The molecule has 0 spiro atoms. The van der Waals surface area contributed by atoms with Crippen LogP contribution < -0.4 is 0 Å². The van der Waals surface area contributed by atoms with Crippen LogP contribution in [0.1, 0.15) is 6.92 Å². The summed E-state index contributed by atoms with van der Waals surface area (Å²) >= 11 is 0. The summed E-state index contributed by atoms with van der Waals surface area (Å²) in [5, 5.41) is 32.0. The number of ether oxygens (including phenoxy) is 1. The Morgan fingerprint density at radius 2 is 1.71 bits per heavy atom. The van der Waals surface area contributed by atoms with E-state index >= 15 is 0 Å². The molecule has 1 atom stereocenters. The minimum Gasteiger partial charge on any atom is -0.379 e. The maximum Gasteiger partial charge on any atom is 0.133 e. The minimum atomic E-state index is -0.883. The lowest BCUT2D eigenvalue weighted by Gasteiger charge is -2.18. The van der Waals surface area contributed by atoms with E-state index in [1.807, 2.05) is 0 Å². The lowest BCUT2D eigenvalue weighted by molar-refractivity contribution is -0.528. The van der Waals surface area contributed by atoms with E-state index in [0.29, 0.717) is 6.61 Å². The molecule has 0 amide bonds. The van der Waals surface area contributed by atoms with Crippen LogP contribution in [0.15, 0.2) is 0 Å². The van der Waals surface area contributed by atoms with Gasteiger partial charge >= 0.3 is 0 Å². The molecule has 0 aromatic heterocycles. The Morgan fingerprint density at radius 3 is 2.14 bits per heavy atom. The third-order valence-electron chi connectivity index (χ3n) is 1.13. The molecule has 9 heteroatoms. The van der Waals surface area contributed by atoms with Crippen molar-refractivity contribution in [3.8, 4) is 0 Å². The van der Waals surface area contributed by atoms with Gasteiger partial charge in [0.1, 0.15) is 12.7 Å². The Morgan fingerprint density at radius 1 is 1.07 bits per heavy atom. The monoisotopic (exact) mass is 214 g/mol. The van der Waals surface area contributed by atoms with Crippen LogP contribution in [0.25, 0.3) is 0 Å². The molecule has 0 heterocycles. The Balaban J connectivity index is 3.72. The van der Waals surface area contributed by atoms with Gasteiger partial charge in [-0.05, 0) is 6.92 Å². The zero-order chi connectivity index (χ0) is 11.0. The van der Waals surface area contributed by atoms with E-state index in [4.69, 9.17) is 25.6 Å². The molecule has 14 heavy (non-hydrogen) atoms. The molecule has 0 saturated carbocycles. The van der Waals surface area contributed by atoms with Crippen molar-refractivity contribution in [2.24, 2.45) is 0 Å². The molecule has 0 aliphatic carbocycles. The Labute approximate surface area is 80.0 Å². The molecule has 0 fully saturated rings. The van der Waals surface area contributed by atoms with Crippen molar-refractivity contribution in [1.29, 1.82) is 0 Å².